The van der Waals surface area contributed by atoms with Gasteiger partial charge in [-0.3, -0.25) is 4.68 Å². The average molecular weight is 361 g/mol. The van der Waals surface area contributed by atoms with Crippen LogP contribution >= 0.6 is 22.9 Å². The van der Waals surface area contributed by atoms with Crippen LogP contribution in [0.3, 0.4) is 0 Å². The van der Waals surface area contributed by atoms with Crippen molar-refractivity contribution in [2.24, 2.45) is 0 Å². The average Bonchev–Trinajstić information content (AvgIpc) is 3.29. The molecule has 0 spiro atoms. The number of thiophene rings is 1. The number of rotatable bonds is 6. The van der Waals surface area contributed by atoms with E-state index in [9.17, 15) is 4.79 Å². The molecule has 0 aliphatic carbocycles. The zero-order chi connectivity index (χ0) is 16.8. The van der Waals surface area contributed by atoms with Crippen molar-refractivity contribution >= 4 is 29.0 Å². The first-order valence-electron chi connectivity index (χ1n) is 7.50. The number of hydrogen-bond donors (Lipinski definition) is 2. The van der Waals surface area contributed by atoms with Crippen LogP contribution in [0.15, 0.2) is 59.6 Å². The lowest BCUT2D eigenvalue weighted by Crippen LogP contribution is -2.38. The molecule has 2 amide bonds. The smallest absolute Gasteiger partial charge is 0.315 e. The fraction of sp³-hybridized carbons (Fsp3) is 0.176. The molecule has 3 rings (SSSR count). The van der Waals surface area contributed by atoms with E-state index in [-0.39, 0.29) is 12.1 Å². The highest BCUT2D eigenvalue weighted by Crippen LogP contribution is 2.19. The van der Waals surface area contributed by atoms with Gasteiger partial charge in [-0.15, -0.1) is 0 Å². The van der Waals surface area contributed by atoms with Gasteiger partial charge < -0.3 is 10.6 Å². The topological polar surface area (TPSA) is 59.0 Å². The highest BCUT2D eigenvalue weighted by molar-refractivity contribution is 7.07. The van der Waals surface area contributed by atoms with Crippen molar-refractivity contribution in [2.75, 3.05) is 6.54 Å². The molecule has 124 valence electrons. The number of halogens is 1. The Bertz CT molecular complexity index is 722. The largest absolute Gasteiger partial charge is 0.336 e. The number of amides is 2. The number of urea groups is 1. The van der Waals surface area contributed by atoms with E-state index < -0.39 is 0 Å². The molecule has 0 aliphatic heterocycles. The lowest BCUT2D eigenvalue weighted by molar-refractivity contribution is 0.239. The zero-order valence-corrected chi connectivity index (χ0v) is 14.4. The maximum Gasteiger partial charge on any atom is 0.315 e. The third-order valence-corrected chi connectivity index (χ3v) is 4.55. The molecule has 1 aromatic carbocycles. The molecule has 5 nitrogen and oxygen atoms in total. The minimum Gasteiger partial charge on any atom is -0.336 e. The Labute approximate surface area is 149 Å². The van der Waals surface area contributed by atoms with Gasteiger partial charge in [-0.1, -0.05) is 23.7 Å². The molecule has 24 heavy (non-hydrogen) atoms. The zero-order valence-electron chi connectivity index (χ0n) is 12.9. The molecule has 0 saturated heterocycles. The molecule has 1 atom stereocenters. The highest BCUT2D eigenvalue weighted by Gasteiger charge is 2.15. The monoisotopic (exact) mass is 360 g/mol. The Morgan fingerprint density at radius 3 is 2.75 bits per heavy atom. The predicted molar refractivity (Wildman–Crippen MR) is 96.4 cm³/mol. The van der Waals surface area contributed by atoms with Gasteiger partial charge in [-0.25, -0.2) is 4.79 Å². The summed E-state index contributed by atoms with van der Waals surface area (Å²) in [4.78, 5) is 12.1. The first-order chi connectivity index (χ1) is 11.7. The highest BCUT2D eigenvalue weighted by atomic mass is 35.5. The van der Waals surface area contributed by atoms with Crippen LogP contribution in [-0.4, -0.2) is 22.4 Å². The molecular formula is C17H17ClN4OS. The Hall–Kier alpha value is -2.31. The van der Waals surface area contributed by atoms with Gasteiger partial charge in [0.1, 0.15) is 0 Å². The van der Waals surface area contributed by atoms with Crippen LogP contribution in [-0.2, 0) is 6.54 Å². The SMILES string of the molecule is O=C(NCc1ccc(Cl)cc1)NC[C@@H](c1ccsc1)n1cccn1. The molecule has 0 bridgehead atoms. The van der Waals surface area contributed by atoms with E-state index in [4.69, 9.17) is 11.6 Å². The fourth-order valence-electron chi connectivity index (χ4n) is 2.33. The molecule has 0 radical (unpaired) electrons. The van der Waals surface area contributed by atoms with E-state index in [1.54, 1.807) is 29.7 Å². The van der Waals surface area contributed by atoms with Crippen LogP contribution in [0, 0.1) is 0 Å². The van der Waals surface area contributed by atoms with Gasteiger partial charge in [-0.2, -0.15) is 16.4 Å². The van der Waals surface area contributed by atoms with Crippen molar-refractivity contribution < 1.29 is 4.79 Å². The third-order valence-electron chi connectivity index (χ3n) is 3.59. The summed E-state index contributed by atoms with van der Waals surface area (Å²) in [6, 6.07) is 11.1. The van der Waals surface area contributed by atoms with Crippen LogP contribution < -0.4 is 10.6 Å². The van der Waals surface area contributed by atoms with Crippen molar-refractivity contribution in [3.63, 3.8) is 0 Å². The summed E-state index contributed by atoms with van der Waals surface area (Å²) in [6.07, 6.45) is 3.63. The first kappa shape index (κ1) is 16.5. The van der Waals surface area contributed by atoms with Gasteiger partial charge in [0.05, 0.1) is 6.04 Å². The van der Waals surface area contributed by atoms with E-state index in [0.29, 0.717) is 18.1 Å². The van der Waals surface area contributed by atoms with Crippen molar-refractivity contribution in [3.05, 3.63) is 75.7 Å². The van der Waals surface area contributed by atoms with Crippen molar-refractivity contribution in [1.82, 2.24) is 20.4 Å². The van der Waals surface area contributed by atoms with Crippen molar-refractivity contribution in [1.29, 1.82) is 0 Å². The van der Waals surface area contributed by atoms with Gasteiger partial charge in [0, 0.05) is 30.5 Å². The van der Waals surface area contributed by atoms with Crippen LogP contribution in [0.5, 0.6) is 0 Å². The Morgan fingerprint density at radius 1 is 1.25 bits per heavy atom. The minimum absolute atomic E-state index is 0.0208. The van der Waals surface area contributed by atoms with Gasteiger partial charge in [-0.05, 0) is 46.2 Å². The standard InChI is InChI=1S/C17H17ClN4OS/c18-15-4-2-13(3-5-15)10-19-17(23)20-11-16(14-6-9-24-12-14)22-8-1-7-21-22/h1-9,12,16H,10-11H2,(H2,19,20,23)/t16-/m0/s1. The molecule has 0 fully saturated rings. The summed E-state index contributed by atoms with van der Waals surface area (Å²) >= 11 is 7.48. The summed E-state index contributed by atoms with van der Waals surface area (Å²) < 4.78 is 1.85. The Kier molecular flexibility index (Phi) is 5.51. The number of nitrogens with zero attached hydrogens (tertiary/aromatic N) is 2. The second-order valence-electron chi connectivity index (χ2n) is 5.25. The summed E-state index contributed by atoms with van der Waals surface area (Å²) in [5.74, 6) is 0. The minimum atomic E-state index is -0.211. The molecule has 2 N–H and O–H groups in total. The second-order valence-corrected chi connectivity index (χ2v) is 6.47. The maximum absolute atomic E-state index is 12.1. The lowest BCUT2D eigenvalue weighted by Gasteiger charge is -2.17. The first-order valence-corrected chi connectivity index (χ1v) is 8.82. The normalized spacial score (nSPS) is 11.9. The number of nitrogens with one attached hydrogen (secondary N) is 2. The summed E-state index contributed by atoms with van der Waals surface area (Å²) in [5, 5.41) is 14.8. The van der Waals surface area contributed by atoms with Crippen LogP contribution in [0.2, 0.25) is 5.02 Å². The molecule has 0 saturated carbocycles. The summed E-state index contributed by atoms with van der Waals surface area (Å²) in [6.45, 7) is 0.915. The molecule has 2 heterocycles. The van der Waals surface area contributed by atoms with Crippen molar-refractivity contribution in [2.45, 2.75) is 12.6 Å². The van der Waals surface area contributed by atoms with E-state index in [0.717, 1.165) is 11.1 Å². The molecule has 0 unspecified atom stereocenters. The van der Waals surface area contributed by atoms with Crippen LogP contribution in [0.1, 0.15) is 17.2 Å². The van der Waals surface area contributed by atoms with E-state index in [2.05, 4.69) is 21.1 Å². The molecule has 3 aromatic rings. The second kappa shape index (κ2) is 7.99. The molecular weight excluding hydrogens is 344 g/mol. The van der Waals surface area contributed by atoms with E-state index >= 15 is 0 Å². The number of carbonyl (C=O) groups is 1. The fourth-order valence-corrected chi connectivity index (χ4v) is 3.16. The lowest BCUT2D eigenvalue weighted by atomic mass is 10.1. The Balaban J connectivity index is 1.54. The Morgan fingerprint density at radius 2 is 2.08 bits per heavy atom. The number of carbonyl (C=O) groups excluding carboxylic acids is 1. The van der Waals surface area contributed by atoms with Crippen molar-refractivity contribution in [3.8, 4) is 0 Å². The third kappa shape index (κ3) is 4.37. The van der Waals surface area contributed by atoms with Gasteiger partial charge in [0.2, 0.25) is 0 Å². The summed E-state index contributed by atoms with van der Waals surface area (Å²) in [5.41, 5.74) is 2.12. The maximum atomic E-state index is 12.1. The number of benzene rings is 1. The van der Waals surface area contributed by atoms with E-state index in [1.165, 1.54) is 0 Å². The summed E-state index contributed by atoms with van der Waals surface area (Å²) in [7, 11) is 0. The van der Waals surface area contributed by atoms with Crippen LogP contribution in [0.4, 0.5) is 4.79 Å². The predicted octanol–water partition coefficient (Wildman–Crippen LogP) is 3.69. The number of hydrogen-bond acceptors (Lipinski definition) is 3. The quantitative estimate of drug-likeness (QED) is 0.704. The van der Waals surface area contributed by atoms with Gasteiger partial charge in [0.25, 0.3) is 0 Å². The van der Waals surface area contributed by atoms with Crippen LogP contribution in [0.25, 0.3) is 0 Å². The van der Waals surface area contributed by atoms with E-state index in [1.807, 2.05) is 40.5 Å². The molecule has 7 heteroatoms. The molecule has 0 aliphatic rings. The van der Waals surface area contributed by atoms with Gasteiger partial charge >= 0.3 is 6.03 Å². The van der Waals surface area contributed by atoms with Gasteiger partial charge in [0.15, 0.2) is 0 Å². The number of aromatic nitrogens is 2. The molecule has 2 aromatic heterocycles.